The van der Waals surface area contributed by atoms with Crippen molar-refractivity contribution in [3.05, 3.63) is 0 Å². The summed E-state index contributed by atoms with van der Waals surface area (Å²) >= 11 is 0. The summed E-state index contributed by atoms with van der Waals surface area (Å²) in [7, 11) is 1.71. The maximum absolute atomic E-state index is 5.03. The lowest BCUT2D eigenvalue weighted by Crippen LogP contribution is -2.09. The fourth-order valence-corrected chi connectivity index (χ4v) is 0.994. The van der Waals surface area contributed by atoms with Crippen molar-refractivity contribution in [2.24, 2.45) is 4.99 Å². The van der Waals surface area contributed by atoms with Crippen LogP contribution in [0.3, 0.4) is 0 Å². The molecule has 0 aromatic heterocycles. The van der Waals surface area contributed by atoms with Crippen LogP contribution in [0.4, 0.5) is 0 Å². The first-order valence-corrected chi connectivity index (χ1v) is 4.25. The summed E-state index contributed by atoms with van der Waals surface area (Å²) in [5, 5.41) is 0. The number of ether oxygens (including phenoxy) is 1. The molecule has 0 N–H and O–H groups in total. The number of hydrogen-bond donors (Lipinski definition) is 0. The summed E-state index contributed by atoms with van der Waals surface area (Å²) in [5.74, 6) is 0. The van der Waals surface area contributed by atoms with E-state index in [1.807, 2.05) is 0 Å². The van der Waals surface area contributed by atoms with Crippen LogP contribution in [0.5, 0.6) is 0 Å². The van der Waals surface area contributed by atoms with Gasteiger partial charge < -0.3 is 4.74 Å². The van der Waals surface area contributed by atoms with Gasteiger partial charge in [0.2, 0.25) is 0 Å². The van der Waals surface area contributed by atoms with Gasteiger partial charge in [0, 0.05) is 18.9 Å². The summed E-state index contributed by atoms with van der Waals surface area (Å²) in [6.07, 6.45) is 2.21. The Balaban J connectivity index is 3.86. The monoisotopic (exact) mass is 157 g/mol. The number of aliphatic imine (C=N–C) groups is 1. The SMILES string of the molecule is CCCC(COC)=NC(C)C. The Morgan fingerprint density at radius 3 is 2.45 bits per heavy atom. The molecule has 11 heavy (non-hydrogen) atoms. The second kappa shape index (κ2) is 6.35. The molecule has 0 aliphatic heterocycles. The standard InChI is InChI=1S/C9H19NO/c1-5-6-9(7-11-4)10-8(2)3/h8H,5-7H2,1-4H3. The van der Waals surface area contributed by atoms with Gasteiger partial charge in [-0.3, -0.25) is 4.99 Å². The minimum absolute atomic E-state index is 0.395. The van der Waals surface area contributed by atoms with Crippen LogP contribution < -0.4 is 0 Å². The second-order valence-corrected chi connectivity index (χ2v) is 2.97. The predicted octanol–water partition coefficient (Wildman–Crippen LogP) is 2.28. The molecule has 0 fully saturated rings. The van der Waals surface area contributed by atoms with Crippen molar-refractivity contribution in [1.82, 2.24) is 0 Å². The van der Waals surface area contributed by atoms with Crippen molar-refractivity contribution in [2.75, 3.05) is 13.7 Å². The molecule has 0 atom stereocenters. The first kappa shape index (κ1) is 10.6. The van der Waals surface area contributed by atoms with Gasteiger partial charge in [0.05, 0.1) is 6.61 Å². The third-order valence-corrected chi connectivity index (χ3v) is 1.29. The fraction of sp³-hybridized carbons (Fsp3) is 0.889. The van der Waals surface area contributed by atoms with Crippen LogP contribution >= 0.6 is 0 Å². The highest BCUT2D eigenvalue weighted by Gasteiger charge is 1.97. The lowest BCUT2D eigenvalue weighted by atomic mass is 10.2. The molecule has 0 saturated heterocycles. The molecular formula is C9H19NO. The third-order valence-electron chi connectivity index (χ3n) is 1.29. The summed E-state index contributed by atoms with van der Waals surface area (Å²) in [4.78, 5) is 4.45. The maximum atomic E-state index is 5.03. The molecule has 0 amide bonds. The molecule has 66 valence electrons. The van der Waals surface area contributed by atoms with E-state index in [9.17, 15) is 0 Å². The van der Waals surface area contributed by atoms with Gasteiger partial charge >= 0.3 is 0 Å². The minimum Gasteiger partial charge on any atom is -0.379 e. The van der Waals surface area contributed by atoms with E-state index in [4.69, 9.17) is 4.74 Å². The van der Waals surface area contributed by atoms with Crippen molar-refractivity contribution in [1.29, 1.82) is 0 Å². The second-order valence-electron chi connectivity index (χ2n) is 2.97. The van der Waals surface area contributed by atoms with Gasteiger partial charge in [0.1, 0.15) is 0 Å². The van der Waals surface area contributed by atoms with E-state index in [-0.39, 0.29) is 0 Å². The molecule has 0 unspecified atom stereocenters. The van der Waals surface area contributed by atoms with Crippen LogP contribution in [0.25, 0.3) is 0 Å². The molecule has 0 aromatic carbocycles. The normalized spacial score (nSPS) is 12.6. The van der Waals surface area contributed by atoms with Crippen molar-refractivity contribution < 1.29 is 4.74 Å². The van der Waals surface area contributed by atoms with Crippen molar-refractivity contribution >= 4 is 5.71 Å². The molecule has 0 radical (unpaired) electrons. The van der Waals surface area contributed by atoms with Crippen molar-refractivity contribution in [3.63, 3.8) is 0 Å². The van der Waals surface area contributed by atoms with E-state index in [0.29, 0.717) is 12.6 Å². The van der Waals surface area contributed by atoms with Gasteiger partial charge in [-0.05, 0) is 20.3 Å². The summed E-state index contributed by atoms with van der Waals surface area (Å²) in [5.41, 5.74) is 1.19. The molecule has 0 bridgehead atoms. The molecule has 0 aromatic rings. The molecule has 2 heteroatoms. The number of methoxy groups -OCH3 is 1. The fourth-order valence-electron chi connectivity index (χ4n) is 0.994. The quantitative estimate of drug-likeness (QED) is 0.561. The van der Waals surface area contributed by atoms with E-state index in [2.05, 4.69) is 25.8 Å². The molecule has 0 aliphatic rings. The van der Waals surface area contributed by atoms with Crippen LogP contribution in [0, 0.1) is 0 Å². The zero-order valence-corrected chi connectivity index (χ0v) is 8.05. The highest BCUT2D eigenvalue weighted by atomic mass is 16.5. The average molecular weight is 157 g/mol. The summed E-state index contributed by atoms with van der Waals surface area (Å²) in [6.45, 7) is 7.02. The van der Waals surface area contributed by atoms with Crippen LogP contribution in [0.2, 0.25) is 0 Å². The third kappa shape index (κ3) is 6.05. The van der Waals surface area contributed by atoms with Gasteiger partial charge in [0.15, 0.2) is 0 Å². The number of rotatable bonds is 5. The smallest absolute Gasteiger partial charge is 0.0840 e. The maximum Gasteiger partial charge on any atom is 0.0840 e. The zero-order chi connectivity index (χ0) is 8.69. The number of hydrogen-bond acceptors (Lipinski definition) is 2. The van der Waals surface area contributed by atoms with Crippen LogP contribution in [-0.2, 0) is 4.74 Å². The molecule has 0 saturated carbocycles. The molecule has 0 rings (SSSR count). The molecule has 0 heterocycles. The molecule has 2 nitrogen and oxygen atoms in total. The van der Waals surface area contributed by atoms with E-state index in [1.165, 1.54) is 5.71 Å². The van der Waals surface area contributed by atoms with E-state index in [0.717, 1.165) is 12.8 Å². The van der Waals surface area contributed by atoms with Crippen LogP contribution in [0.15, 0.2) is 4.99 Å². The Hall–Kier alpha value is -0.370. The van der Waals surface area contributed by atoms with E-state index in [1.54, 1.807) is 7.11 Å². The van der Waals surface area contributed by atoms with E-state index < -0.39 is 0 Å². The van der Waals surface area contributed by atoms with Crippen LogP contribution in [-0.4, -0.2) is 25.5 Å². The highest BCUT2D eigenvalue weighted by Crippen LogP contribution is 1.96. The Bertz CT molecular complexity index is 111. The molecule has 0 aliphatic carbocycles. The Labute approximate surface area is 69.7 Å². The van der Waals surface area contributed by atoms with Gasteiger partial charge in [-0.2, -0.15) is 0 Å². The lowest BCUT2D eigenvalue weighted by molar-refractivity contribution is 0.243. The van der Waals surface area contributed by atoms with Crippen molar-refractivity contribution in [3.8, 4) is 0 Å². The average Bonchev–Trinajstić information content (AvgIpc) is 1.87. The molecule has 0 spiro atoms. The summed E-state index contributed by atoms with van der Waals surface area (Å²) in [6, 6.07) is 0.395. The number of nitrogens with zero attached hydrogens (tertiary/aromatic N) is 1. The Morgan fingerprint density at radius 2 is 2.09 bits per heavy atom. The zero-order valence-electron chi connectivity index (χ0n) is 8.05. The van der Waals surface area contributed by atoms with Gasteiger partial charge in [-0.25, -0.2) is 0 Å². The first-order chi connectivity index (χ1) is 5.20. The van der Waals surface area contributed by atoms with Crippen molar-refractivity contribution in [2.45, 2.75) is 39.7 Å². The minimum atomic E-state index is 0.395. The topological polar surface area (TPSA) is 21.6 Å². The Morgan fingerprint density at radius 1 is 1.45 bits per heavy atom. The summed E-state index contributed by atoms with van der Waals surface area (Å²) < 4.78 is 5.03. The lowest BCUT2D eigenvalue weighted by Gasteiger charge is -2.05. The highest BCUT2D eigenvalue weighted by molar-refractivity contribution is 5.85. The molecular weight excluding hydrogens is 138 g/mol. The Kier molecular flexibility index (Phi) is 6.13. The van der Waals surface area contributed by atoms with Gasteiger partial charge in [-0.15, -0.1) is 0 Å². The largest absolute Gasteiger partial charge is 0.379 e. The van der Waals surface area contributed by atoms with Gasteiger partial charge in [0.25, 0.3) is 0 Å². The van der Waals surface area contributed by atoms with E-state index >= 15 is 0 Å². The van der Waals surface area contributed by atoms with Gasteiger partial charge in [-0.1, -0.05) is 13.3 Å². The first-order valence-electron chi connectivity index (χ1n) is 4.25. The van der Waals surface area contributed by atoms with Crippen LogP contribution in [0.1, 0.15) is 33.6 Å². The predicted molar refractivity (Wildman–Crippen MR) is 49.4 cm³/mol.